The summed E-state index contributed by atoms with van der Waals surface area (Å²) in [6.45, 7) is 1.81. The van der Waals surface area contributed by atoms with Gasteiger partial charge in [0.1, 0.15) is 0 Å². The standard InChI is InChI=1S/C22H16N4O3/c1-13-18(15-6-8-17(9-7-15)22(28)29)10-20-24-19(11-21(27)26(20)25-13)16-4-2-14(12-23)3-5-16/h2-10,20H,11H2,1H3,(H,28,29). The molecule has 0 fully saturated rings. The van der Waals surface area contributed by atoms with E-state index in [2.05, 4.69) is 11.2 Å². The van der Waals surface area contributed by atoms with E-state index in [1.165, 1.54) is 17.1 Å². The average molecular weight is 384 g/mol. The third kappa shape index (κ3) is 3.44. The van der Waals surface area contributed by atoms with Crippen molar-refractivity contribution in [2.45, 2.75) is 19.5 Å². The van der Waals surface area contributed by atoms with Crippen LogP contribution in [0.25, 0.3) is 5.57 Å². The summed E-state index contributed by atoms with van der Waals surface area (Å²) in [5.41, 5.74) is 4.47. The number of allylic oxidation sites excluding steroid dienone is 1. The highest BCUT2D eigenvalue weighted by Gasteiger charge is 2.32. The molecule has 4 rings (SSSR count). The molecule has 0 saturated heterocycles. The van der Waals surface area contributed by atoms with Gasteiger partial charge in [0.25, 0.3) is 5.91 Å². The fourth-order valence-electron chi connectivity index (χ4n) is 3.35. The van der Waals surface area contributed by atoms with Crippen LogP contribution in [0.3, 0.4) is 0 Å². The van der Waals surface area contributed by atoms with Crippen molar-refractivity contribution in [2.24, 2.45) is 10.1 Å². The number of benzene rings is 2. The van der Waals surface area contributed by atoms with Crippen molar-refractivity contribution in [3.8, 4) is 6.07 Å². The van der Waals surface area contributed by atoms with E-state index in [1.807, 2.05) is 6.08 Å². The maximum atomic E-state index is 12.6. The van der Waals surface area contributed by atoms with Crippen LogP contribution in [0, 0.1) is 11.3 Å². The first kappa shape index (κ1) is 18.3. The molecule has 0 saturated carbocycles. The van der Waals surface area contributed by atoms with Crippen molar-refractivity contribution < 1.29 is 14.7 Å². The molecular formula is C22H16N4O3. The van der Waals surface area contributed by atoms with E-state index in [4.69, 9.17) is 15.4 Å². The second kappa shape index (κ2) is 7.17. The van der Waals surface area contributed by atoms with E-state index in [0.717, 1.165) is 16.7 Å². The molecule has 0 radical (unpaired) electrons. The number of fused-ring (bicyclic) bond motifs is 1. The van der Waals surface area contributed by atoms with Gasteiger partial charge in [0.15, 0.2) is 6.17 Å². The van der Waals surface area contributed by atoms with E-state index >= 15 is 0 Å². The smallest absolute Gasteiger partial charge is 0.335 e. The second-order valence-corrected chi connectivity index (χ2v) is 6.74. The predicted octanol–water partition coefficient (Wildman–Crippen LogP) is 3.08. The average Bonchev–Trinajstić information content (AvgIpc) is 2.74. The molecule has 1 unspecified atom stereocenters. The first-order chi connectivity index (χ1) is 14.0. The number of hydrazone groups is 1. The molecule has 1 N–H and O–H groups in total. The van der Waals surface area contributed by atoms with Gasteiger partial charge in [-0.05, 0) is 48.4 Å². The molecule has 2 heterocycles. The van der Waals surface area contributed by atoms with E-state index in [9.17, 15) is 9.59 Å². The molecule has 2 aliphatic heterocycles. The Bertz CT molecular complexity index is 1140. The fraction of sp³-hybridized carbons (Fsp3) is 0.136. The number of nitriles is 1. The minimum Gasteiger partial charge on any atom is -0.478 e. The molecule has 7 heteroatoms. The van der Waals surface area contributed by atoms with E-state index < -0.39 is 12.1 Å². The summed E-state index contributed by atoms with van der Waals surface area (Å²) < 4.78 is 0. The lowest BCUT2D eigenvalue weighted by Crippen LogP contribution is -2.42. The van der Waals surface area contributed by atoms with Crippen LogP contribution in [-0.4, -0.2) is 39.6 Å². The zero-order chi connectivity index (χ0) is 20.5. The van der Waals surface area contributed by atoms with Crippen LogP contribution in [0.1, 0.15) is 40.4 Å². The lowest BCUT2D eigenvalue weighted by molar-refractivity contribution is -0.131. The number of amides is 1. The van der Waals surface area contributed by atoms with Gasteiger partial charge in [-0.2, -0.15) is 10.4 Å². The highest BCUT2D eigenvalue weighted by atomic mass is 16.4. The number of nitrogens with zero attached hydrogens (tertiary/aromatic N) is 4. The molecule has 142 valence electrons. The van der Waals surface area contributed by atoms with Crippen LogP contribution in [0.2, 0.25) is 0 Å². The van der Waals surface area contributed by atoms with Gasteiger partial charge in [-0.1, -0.05) is 24.3 Å². The van der Waals surface area contributed by atoms with Crippen molar-refractivity contribution in [3.05, 3.63) is 76.9 Å². The van der Waals surface area contributed by atoms with Crippen molar-refractivity contribution in [1.29, 1.82) is 5.26 Å². The quantitative estimate of drug-likeness (QED) is 0.877. The summed E-state index contributed by atoms with van der Waals surface area (Å²) in [4.78, 5) is 28.4. The zero-order valence-electron chi connectivity index (χ0n) is 15.5. The molecule has 0 bridgehead atoms. The Balaban J connectivity index is 1.70. The summed E-state index contributed by atoms with van der Waals surface area (Å²) in [6, 6.07) is 15.6. The molecule has 7 nitrogen and oxygen atoms in total. The number of aliphatic imine (C=N–C) groups is 1. The van der Waals surface area contributed by atoms with Crippen LogP contribution in [0.5, 0.6) is 0 Å². The van der Waals surface area contributed by atoms with Gasteiger partial charge >= 0.3 is 5.97 Å². The van der Waals surface area contributed by atoms with Gasteiger partial charge in [-0.15, -0.1) is 0 Å². The SMILES string of the molecule is CC1=NN2C(=O)CC(c3ccc(C#N)cc3)=NC2C=C1c1ccc(C(=O)O)cc1. The summed E-state index contributed by atoms with van der Waals surface area (Å²) in [5.74, 6) is -1.14. The Morgan fingerprint density at radius 1 is 1.14 bits per heavy atom. The molecule has 1 amide bonds. The molecule has 0 spiro atoms. The Morgan fingerprint density at radius 3 is 2.41 bits per heavy atom. The molecule has 0 aliphatic carbocycles. The molecule has 1 atom stereocenters. The van der Waals surface area contributed by atoms with Crippen molar-refractivity contribution in [1.82, 2.24) is 5.01 Å². The first-order valence-electron chi connectivity index (χ1n) is 8.96. The third-order valence-electron chi connectivity index (χ3n) is 4.87. The summed E-state index contributed by atoms with van der Waals surface area (Å²) in [7, 11) is 0. The molecular weight excluding hydrogens is 368 g/mol. The van der Waals surface area contributed by atoms with Gasteiger partial charge < -0.3 is 5.11 Å². The minimum atomic E-state index is -0.986. The fourth-order valence-corrected chi connectivity index (χ4v) is 3.35. The summed E-state index contributed by atoms with van der Waals surface area (Å²) >= 11 is 0. The summed E-state index contributed by atoms with van der Waals surface area (Å²) in [5, 5.41) is 23.8. The molecule has 0 aromatic heterocycles. The van der Waals surface area contributed by atoms with Gasteiger partial charge in [0.2, 0.25) is 0 Å². The number of carboxylic acids is 1. The molecule has 29 heavy (non-hydrogen) atoms. The van der Waals surface area contributed by atoms with Crippen LogP contribution < -0.4 is 0 Å². The van der Waals surface area contributed by atoms with E-state index in [0.29, 0.717) is 17.0 Å². The first-order valence-corrected chi connectivity index (χ1v) is 8.96. The number of carbonyl (C=O) groups is 2. The van der Waals surface area contributed by atoms with E-state index in [1.54, 1.807) is 43.3 Å². The Labute approximate surface area is 166 Å². The Kier molecular flexibility index (Phi) is 4.53. The number of rotatable bonds is 3. The monoisotopic (exact) mass is 384 g/mol. The number of carboxylic acid groups (broad SMARTS) is 1. The van der Waals surface area contributed by atoms with Gasteiger partial charge in [-0.25, -0.2) is 9.80 Å². The van der Waals surface area contributed by atoms with Crippen molar-refractivity contribution in [3.63, 3.8) is 0 Å². The number of hydrogen-bond acceptors (Lipinski definition) is 5. The predicted molar refractivity (Wildman–Crippen MR) is 107 cm³/mol. The lowest BCUT2D eigenvalue weighted by Gasteiger charge is -2.32. The van der Waals surface area contributed by atoms with Crippen LogP contribution in [-0.2, 0) is 4.79 Å². The van der Waals surface area contributed by atoms with Crippen LogP contribution >= 0.6 is 0 Å². The van der Waals surface area contributed by atoms with Crippen LogP contribution in [0.4, 0.5) is 0 Å². The van der Waals surface area contributed by atoms with Gasteiger partial charge in [-0.3, -0.25) is 9.79 Å². The summed E-state index contributed by atoms with van der Waals surface area (Å²) in [6.07, 6.45) is 1.42. The van der Waals surface area contributed by atoms with Gasteiger partial charge in [0, 0.05) is 5.57 Å². The molecule has 2 aromatic rings. The third-order valence-corrected chi connectivity index (χ3v) is 4.87. The lowest BCUT2D eigenvalue weighted by atomic mass is 9.97. The number of hydrogen-bond donors (Lipinski definition) is 1. The molecule has 2 aliphatic rings. The minimum absolute atomic E-state index is 0.135. The Hall–Kier alpha value is -4.05. The maximum Gasteiger partial charge on any atom is 0.335 e. The number of carbonyl (C=O) groups excluding carboxylic acids is 1. The number of aromatic carboxylic acids is 1. The topological polar surface area (TPSA) is 106 Å². The molecule has 2 aromatic carbocycles. The highest BCUT2D eigenvalue weighted by molar-refractivity contribution is 6.24. The largest absolute Gasteiger partial charge is 0.478 e. The van der Waals surface area contributed by atoms with Crippen LogP contribution in [0.15, 0.2) is 64.7 Å². The Morgan fingerprint density at radius 2 is 1.79 bits per heavy atom. The normalized spacial score (nSPS) is 18.2. The van der Waals surface area contributed by atoms with E-state index in [-0.39, 0.29) is 17.9 Å². The van der Waals surface area contributed by atoms with Gasteiger partial charge in [0.05, 0.1) is 35.0 Å². The maximum absolute atomic E-state index is 12.6. The van der Waals surface area contributed by atoms with Crippen molar-refractivity contribution in [2.75, 3.05) is 0 Å². The highest BCUT2D eigenvalue weighted by Crippen LogP contribution is 2.28. The van der Waals surface area contributed by atoms with Crippen molar-refractivity contribution >= 4 is 28.9 Å². The second-order valence-electron chi connectivity index (χ2n) is 6.74. The zero-order valence-corrected chi connectivity index (χ0v) is 15.5.